The normalized spacial score (nSPS) is 19.9. The van der Waals surface area contributed by atoms with Gasteiger partial charge < -0.3 is 20.5 Å². The fourth-order valence-electron chi connectivity index (χ4n) is 3.76. The van der Waals surface area contributed by atoms with E-state index < -0.39 is 11.7 Å². The van der Waals surface area contributed by atoms with E-state index in [0.717, 1.165) is 25.6 Å². The van der Waals surface area contributed by atoms with Crippen molar-refractivity contribution in [2.45, 2.75) is 31.5 Å². The molecule has 0 aliphatic carbocycles. The molecule has 1 unspecified atom stereocenters. The number of piperidine rings is 1. The lowest BCUT2D eigenvalue weighted by Crippen LogP contribution is -2.38. The van der Waals surface area contributed by atoms with Crippen LogP contribution < -0.4 is 10.6 Å². The average Bonchev–Trinajstić information content (AvgIpc) is 3.12. The standard InChI is InChI=1S/C20H23F3N6O/c1-29-8-3-2-6-13-14(10-25-17(13)18(29)30)16-15(20(21,22)23)11-26-19(28-16)27-12-5-4-7-24-9-12/h2,6,10-12,24-25H,3-5,7-9H2,1H3,(H,26,27,28). The first kappa shape index (κ1) is 20.4. The SMILES string of the molecule is CN1CCC=Cc2c(-c3nc(NC4CCCNC4)ncc3C(F)(F)F)c[nH]c2C1=O. The number of H-pyrrole nitrogens is 1. The van der Waals surface area contributed by atoms with Crippen molar-refractivity contribution in [3.05, 3.63) is 35.3 Å². The van der Waals surface area contributed by atoms with Crippen molar-refractivity contribution in [1.82, 2.24) is 25.2 Å². The molecule has 2 aliphatic heterocycles. The van der Waals surface area contributed by atoms with Crippen LogP contribution in [0.5, 0.6) is 0 Å². The van der Waals surface area contributed by atoms with Crippen LogP contribution in [0.1, 0.15) is 40.9 Å². The van der Waals surface area contributed by atoms with Crippen LogP contribution in [-0.2, 0) is 6.18 Å². The van der Waals surface area contributed by atoms with E-state index in [1.165, 1.54) is 11.1 Å². The minimum absolute atomic E-state index is 0.0466. The number of halogens is 3. The number of nitrogens with one attached hydrogen (secondary N) is 3. The Labute approximate surface area is 171 Å². The van der Waals surface area contributed by atoms with Gasteiger partial charge in [-0.1, -0.05) is 12.2 Å². The second-order valence-corrected chi connectivity index (χ2v) is 7.55. The number of nitrogens with zero attached hydrogens (tertiary/aromatic N) is 3. The summed E-state index contributed by atoms with van der Waals surface area (Å²) in [6.07, 6.45) is 3.59. The van der Waals surface area contributed by atoms with Gasteiger partial charge in [-0.25, -0.2) is 9.97 Å². The first-order valence-electron chi connectivity index (χ1n) is 9.90. The monoisotopic (exact) mass is 420 g/mol. The Bertz CT molecular complexity index is 962. The highest BCUT2D eigenvalue weighted by molar-refractivity contribution is 5.99. The maximum absolute atomic E-state index is 13.7. The van der Waals surface area contributed by atoms with Crippen molar-refractivity contribution >= 4 is 17.9 Å². The van der Waals surface area contributed by atoms with E-state index >= 15 is 0 Å². The lowest BCUT2D eigenvalue weighted by molar-refractivity contribution is -0.137. The summed E-state index contributed by atoms with van der Waals surface area (Å²) in [7, 11) is 1.66. The minimum atomic E-state index is -4.63. The predicted molar refractivity (Wildman–Crippen MR) is 107 cm³/mol. The molecule has 4 heterocycles. The summed E-state index contributed by atoms with van der Waals surface area (Å²) in [4.78, 5) is 25.2. The second kappa shape index (κ2) is 8.10. The summed E-state index contributed by atoms with van der Waals surface area (Å²) in [6.45, 7) is 2.15. The number of rotatable bonds is 3. The summed E-state index contributed by atoms with van der Waals surface area (Å²) < 4.78 is 41.2. The van der Waals surface area contributed by atoms with E-state index in [-0.39, 0.29) is 34.8 Å². The van der Waals surface area contributed by atoms with Gasteiger partial charge in [-0.3, -0.25) is 4.79 Å². The van der Waals surface area contributed by atoms with Crippen molar-refractivity contribution in [3.8, 4) is 11.3 Å². The Morgan fingerprint density at radius 3 is 2.90 bits per heavy atom. The van der Waals surface area contributed by atoms with Gasteiger partial charge in [-0.05, 0) is 25.8 Å². The van der Waals surface area contributed by atoms with E-state index in [0.29, 0.717) is 25.1 Å². The quantitative estimate of drug-likeness (QED) is 0.710. The average molecular weight is 420 g/mol. The van der Waals surface area contributed by atoms with Crippen LogP contribution in [0.2, 0.25) is 0 Å². The van der Waals surface area contributed by atoms with Crippen LogP contribution >= 0.6 is 0 Å². The molecule has 0 spiro atoms. The summed E-state index contributed by atoms with van der Waals surface area (Å²) in [5, 5.41) is 6.37. The van der Waals surface area contributed by atoms with Gasteiger partial charge in [0.05, 0.1) is 5.69 Å². The van der Waals surface area contributed by atoms with Crippen LogP contribution in [0, 0.1) is 0 Å². The molecule has 1 saturated heterocycles. The fraction of sp³-hybridized carbons (Fsp3) is 0.450. The summed E-state index contributed by atoms with van der Waals surface area (Å²) in [5.74, 6) is -0.130. The van der Waals surface area contributed by atoms with Gasteiger partial charge in [0.1, 0.15) is 11.3 Å². The summed E-state index contributed by atoms with van der Waals surface area (Å²) in [6, 6.07) is 0.0466. The highest BCUT2D eigenvalue weighted by Gasteiger charge is 2.37. The van der Waals surface area contributed by atoms with Gasteiger partial charge in [0.25, 0.3) is 5.91 Å². The topological polar surface area (TPSA) is 85.9 Å². The number of anilines is 1. The molecule has 7 nitrogen and oxygen atoms in total. The second-order valence-electron chi connectivity index (χ2n) is 7.55. The molecule has 2 aromatic heterocycles. The van der Waals surface area contributed by atoms with Gasteiger partial charge in [0, 0.05) is 49.7 Å². The zero-order valence-electron chi connectivity index (χ0n) is 16.5. The zero-order valence-corrected chi connectivity index (χ0v) is 16.5. The Kier molecular flexibility index (Phi) is 5.50. The van der Waals surface area contributed by atoms with Crippen LogP contribution in [0.25, 0.3) is 17.3 Å². The van der Waals surface area contributed by atoms with Crippen molar-refractivity contribution in [3.63, 3.8) is 0 Å². The van der Waals surface area contributed by atoms with Crippen LogP contribution in [0.4, 0.5) is 19.1 Å². The van der Waals surface area contributed by atoms with Gasteiger partial charge in [-0.15, -0.1) is 0 Å². The van der Waals surface area contributed by atoms with Crippen LogP contribution in [-0.4, -0.2) is 58.5 Å². The number of hydrogen-bond acceptors (Lipinski definition) is 5. The molecule has 1 atom stereocenters. The molecule has 1 amide bonds. The minimum Gasteiger partial charge on any atom is -0.356 e. The highest BCUT2D eigenvalue weighted by atomic mass is 19.4. The number of carbonyl (C=O) groups is 1. The number of amides is 1. The zero-order chi connectivity index (χ0) is 21.3. The number of aromatic nitrogens is 3. The molecule has 10 heteroatoms. The molecule has 0 saturated carbocycles. The highest BCUT2D eigenvalue weighted by Crippen LogP contribution is 2.38. The van der Waals surface area contributed by atoms with E-state index in [2.05, 4.69) is 25.6 Å². The van der Waals surface area contributed by atoms with Crippen molar-refractivity contribution < 1.29 is 18.0 Å². The molecule has 2 aliphatic rings. The molecule has 2 aromatic rings. The molecular weight excluding hydrogens is 397 g/mol. The maximum atomic E-state index is 13.7. The number of fused-ring (bicyclic) bond motifs is 1. The molecule has 0 radical (unpaired) electrons. The molecular formula is C20H23F3N6O. The third-order valence-electron chi connectivity index (χ3n) is 5.38. The fourth-order valence-corrected chi connectivity index (χ4v) is 3.76. The van der Waals surface area contributed by atoms with Gasteiger partial charge in [0.15, 0.2) is 0 Å². The Morgan fingerprint density at radius 1 is 1.33 bits per heavy atom. The van der Waals surface area contributed by atoms with Crippen LogP contribution in [0.15, 0.2) is 18.5 Å². The van der Waals surface area contributed by atoms with Crippen molar-refractivity contribution in [2.24, 2.45) is 0 Å². The largest absolute Gasteiger partial charge is 0.419 e. The van der Waals surface area contributed by atoms with Gasteiger partial charge in [-0.2, -0.15) is 13.2 Å². The Morgan fingerprint density at radius 2 is 2.17 bits per heavy atom. The molecule has 1 fully saturated rings. The number of carbonyl (C=O) groups excluding carboxylic acids is 1. The van der Waals surface area contributed by atoms with E-state index in [1.807, 2.05) is 6.08 Å². The third-order valence-corrected chi connectivity index (χ3v) is 5.38. The maximum Gasteiger partial charge on any atom is 0.419 e. The number of aromatic amines is 1. The van der Waals surface area contributed by atoms with E-state index in [9.17, 15) is 18.0 Å². The third kappa shape index (κ3) is 4.04. The number of alkyl halides is 3. The number of hydrogen-bond donors (Lipinski definition) is 3. The molecule has 0 bridgehead atoms. The lowest BCUT2D eigenvalue weighted by atomic mass is 10.0. The van der Waals surface area contributed by atoms with E-state index in [4.69, 9.17) is 0 Å². The van der Waals surface area contributed by atoms with Crippen LogP contribution in [0.3, 0.4) is 0 Å². The van der Waals surface area contributed by atoms with Gasteiger partial charge in [0.2, 0.25) is 5.95 Å². The first-order valence-corrected chi connectivity index (χ1v) is 9.90. The summed E-state index contributed by atoms with van der Waals surface area (Å²) >= 11 is 0. The van der Waals surface area contributed by atoms with E-state index in [1.54, 1.807) is 13.1 Å². The molecule has 30 heavy (non-hydrogen) atoms. The predicted octanol–water partition coefficient (Wildman–Crippen LogP) is 3.14. The molecule has 160 valence electrons. The summed E-state index contributed by atoms with van der Waals surface area (Å²) in [5.41, 5.74) is -0.304. The molecule has 4 rings (SSSR count). The first-order chi connectivity index (χ1) is 14.3. The Hall–Kier alpha value is -2.88. The van der Waals surface area contributed by atoms with Crippen molar-refractivity contribution in [1.29, 1.82) is 0 Å². The lowest BCUT2D eigenvalue weighted by Gasteiger charge is -2.24. The van der Waals surface area contributed by atoms with Crippen molar-refractivity contribution in [2.75, 3.05) is 32.0 Å². The molecule has 0 aromatic carbocycles. The van der Waals surface area contributed by atoms with Gasteiger partial charge >= 0.3 is 6.18 Å². The molecule has 3 N–H and O–H groups in total. The smallest absolute Gasteiger partial charge is 0.356 e. The Balaban J connectivity index is 1.79.